The average Bonchev–Trinajstić information content (AvgIpc) is 2.06. The molecule has 0 aliphatic carbocycles. The first-order chi connectivity index (χ1) is 7.50. The second-order valence-electron chi connectivity index (χ2n) is 6.72. The molecule has 0 bridgehead atoms. The smallest absolute Gasteiger partial charge is 0.122 e. The van der Waals surface area contributed by atoms with E-state index in [1.165, 1.54) is 5.56 Å². The zero-order valence-corrected chi connectivity index (χ0v) is 11.9. The van der Waals surface area contributed by atoms with Gasteiger partial charge in [0.15, 0.2) is 0 Å². The highest BCUT2D eigenvalue weighted by Gasteiger charge is 2.21. The van der Waals surface area contributed by atoms with Gasteiger partial charge >= 0.3 is 0 Å². The lowest BCUT2D eigenvalue weighted by Crippen LogP contribution is -2.34. The second-order valence-corrected chi connectivity index (χ2v) is 6.72. The van der Waals surface area contributed by atoms with E-state index in [0.717, 1.165) is 17.5 Å². The van der Waals surface area contributed by atoms with Gasteiger partial charge in [0.05, 0.1) is 0 Å². The van der Waals surface area contributed by atoms with E-state index in [9.17, 15) is 5.11 Å². The minimum Gasteiger partial charge on any atom is -0.507 e. The Labute approximate surface area is 105 Å². The second kappa shape index (κ2) is 4.34. The van der Waals surface area contributed by atoms with Gasteiger partial charge in [0, 0.05) is 5.54 Å². The fourth-order valence-electron chi connectivity index (χ4n) is 2.05. The van der Waals surface area contributed by atoms with Crippen molar-refractivity contribution >= 4 is 0 Å². The van der Waals surface area contributed by atoms with Gasteiger partial charge in [-0.25, -0.2) is 0 Å². The zero-order chi connectivity index (χ0) is 13.4. The maximum Gasteiger partial charge on any atom is 0.122 e. The molecular weight excluding hydrogens is 210 g/mol. The Balaban J connectivity index is 3.25. The van der Waals surface area contributed by atoms with E-state index in [2.05, 4.69) is 26.8 Å². The Kier molecular flexibility index (Phi) is 3.58. The van der Waals surface area contributed by atoms with E-state index >= 15 is 0 Å². The lowest BCUT2D eigenvalue weighted by Gasteiger charge is -2.25. The van der Waals surface area contributed by atoms with Crippen molar-refractivity contribution < 1.29 is 5.11 Å². The first-order valence-electron chi connectivity index (χ1n) is 6.12. The summed E-state index contributed by atoms with van der Waals surface area (Å²) in [5, 5.41) is 10.1. The molecule has 1 rings (SSSR count). The van der Waals surface area contributed by atoms with Gasteiger partial charge in [-0.05, 0) is 49.3 Å². The maximum absolute atomic E-state index is 10.1. The van der Waals surface area contributed by atoms with E-state index < -0.39 is 0 Å². The van der Waals surface area contributed by atoms with E-state index in [-0.39, 0.29) is 11.0 Å². The van der Waals surface area contributed by atoms with Crippen LogP contribution in [0.25, 0.3) is 0 Å². The fraction of sp³-hybridized carbons (Fsp3) is 0.600. The van der Waals surface area contributed by atoms with Crippen LogP contribution in [0.1, 0.15) is 51.3 Å². The van der Waals surface area contributed by atoms with E-state index in [0.29, 0.717) is 5.75 Å². The number of aromatic hydroxyl groups is 1. The maximum atomic E-state index is 10.1. The van der Waals surface area contributed by atoms with Gasteiger partial charge < -0.3 is 10.8 Å². The van der Waals surface area contributed by atoms with Crippen LogP contribution in [0.5, 0.6) is 5.75 Å². The van der Waals surface area contributed by atoms with Crippen LogP contribution in [0.2, 0.25) is 0 Å². The van der Waals surface area contributed by atoms with Crippen molar-refractivity contribution in [3.8, 4) is 5.75 Å². The molecule has 0 aliphatic rings. The number of nitrogens with two attached hydrogens (primary N) is 1. The molecule has 0 aromatic heterocycles. The molecule has 3 N–H and O–H groups in total. The van der Waals surface area contributed by atoms with Crippen LogP contribution < -0.4 is 5.73 Å². The number of phenols is 1. The molecule has 0 aliphatic heterocycles. The molecule has 0 saturated heterocycles. The number of aryl methyl sites for hydroxylation is 1. The fourth-order valence-corrected chi connectivity index (χ4v) is 2.05. The van der Waals surface area contributed by atoms with Crippen LogP contribution in [-0.4, -0.2) is 10.6 Å². The van der Waals surface area contributed by atoms with Crippen LogP contribution in [0, 0.1) is 6.92 Å². The minimum atomic E-state index is -0.224. The number of hydrogen-bond donors (Lipinski definition) is 2. The van der Waals surface area contributed by atoms with Crippen LogP contribution in [0.15, 0.2) is 12.1 Å². The topological polar surface area (TPSA) is 46.2 Å². The molecule has 17 heavy (non-hydrogen) atoms. The highest BCUT2D eigenvalue weighted by atomic mass is 16.3. The van der Waals surface area contributed by atoms with E-state index in [1.807, 2.05) is 26.8 Å². The minimum absolute atomic E-state index is 0.0520. The van der Waals surface area contributed by atoms with Gasteiger partial charge in [-0.15, -0.1) is 0 Å². The summed E-state index contributed by atoms with van der Waals surface area (Å²) >= 11 is 0. The van der Waals surface area contributed by atoms with Crippen molar-refractivity contribution in [2.24, 2.45) is 5.73 Å². The van der Waals surface area contributed by atoms with E-state index in [4.69, 9.17) is 5.73 Å². The standard InChI is InChI=1S/C15H25NO/c1-10-7-11(9-15(5,6)16)8-12(13(10)17)14(2,3)4/h7-8,17H,9,16H2,1-6H3. The molecule has 0 atom stereocenters. The molecule has 0 spiro atoms. The van der Waals surface area contributed by atoms with Crippen LogP contribution in [0.4, 0.5) is 0 Å². The molecule has 0 radical (unpaired) electrons. The van der Waals surface area contributed by atoms with Crippen LogP contribution in [0.3, 0.4) is 0 Å². The van der Waals surface area contributed by atoms with Gasteiger partial charge in [-0.2, -0.15) is 0 Å². The molecule has 1 aromatic rings. The molecule has 0 fully saturated rings. The summed E-state index contributed by atoms with van der Waals surface area (Å²) in [6.45, 7) is 12.3. The summed E-state index contributed by atoms with van der Waals surface area (Å²) in [6, 6.07) is 4.11. The van der Waals surface area contributed by atoms with Gasteiger partial charge in [0.1, 0.15) is 5.75 Å². The number of hydrogen-bond acceptors (Lipinski definition) is 2. The van der Waals surface area contributed by atoms with Crippen LogP contribution in [-0.2, 0) is 11.8 Å². The summed E-state index contributed by atoms with van der Waals surface area (Å²) in [7, 11) is 0. The lowest BCUT2D eigenvalue weighted by molar-refractivity contribution is 0.441. The van der Waals surface area contributed by atoms with Crippen molar-refractivity contribution in [3.05, 3.63) is 28.8 Å². The highest BCUT2D eigenvalue weighted by molar-refractivity contribution is 5.46. The quantitative estimate of drug-likeness (QED) is 0.826. The zero-order valence-electron chi connectivity index (χ0n) is 11.9. The van der Waals surface area contributed by atoms with Gasteiger partial charge in [0.25, 0.3) is 0 Å². The summed E-state index contributed by atoms with van der Waals surface area (Å²) in [4.78, 5) is 0. The van der Waals surface area contributed by atoms with Crippen molar-refractivity contribution in [1.29, 1.82) is 0 Å². The number of benzene rings is 1. The predicted octanol–water partition coefficient (Wildman–Crippen LogP) is 3.28. The molecular formula is C15H25NO. The van der Waals surface area contributed by atoms with Gasteiger partial charge in [-0.1, -0.05) is 32.9 Å². The van der Waals surface area contributed by atoms with Gasteiger partial charge in [0.2, 0.25) is 0 Å². The molecule has 2 nitrogen and oxygen atoms in total. The first-order valence-corrected chi connectivity index (χ1v) is 6.12. The molecule has 0 unspecified atom stereocenters. The van der Waals surface area contributed by atoms with Crippen molar-refractivity contribution in [2.75, 3.05) is 0 Å². The van der Waals surface area contributed by atoms with E-state index in [1.54, 1.807) is 0 Å². The Morgan fingerprint density at radius 1 is 1.12 bits per heavy atom. The molecule has 0 amide bonds. The SMILES string of the molecule is Cc1cc(CC(C)(C)N)cc(C(C)(C)C)c1O. The monoisotopic (exact) mass is 235 g/mol. The summed E-state index contributed by atoms with van der Waals surface area (Å²) in [6.07, 6.45) is 0.817. The summed E-state index contributed by atoms with van der Waals surface area (Å²) in [5.74, 6) is 0.413. The van der Waals surface area contributed by atoms with Crippen molar-refractivity contribution in [3.63, 3.8) is 0 Å². The lowest BCUT2D eigenvalue weighted by atomic mass is 9.82. The Morgan fingerprint density at radius 2 is 1.65 bits per heavy atom. The largest absolute Gasteiger partial charge is 0.507 e. The molecule has 0 saturated carbocycles. The van der Waals surface area contributed by atoms with Crippen molar-refractivity contribution in [2.45, 2.75) is 58.9 Å². The molecule has 2 heteroatoms. The first kappa shape index (κ1) is 14.0. The number of phenolic OH excluding ortho intramolecular Hbond substituents is 1. The molecule has 96 valence electrons. The normalized spacial score (nSPS) is 12.9. The molecule has 1 aromatic carbocycles. The highest BCUT2D eigenvalue weighted by Crippen LogP contribution is 2.34. The molecule has 0 heterocycles. The summed E-state index contributed by atoms with van der Waals surface area (Å²) < 4.78 is 0. The third kappa shape index (κ3) is 3.74. The van der Waals surface area contributed by atoms with Crippen LogP contribution >= 0.6 is 0 Å². The van der Waals surface area contributed by atoms with Gasteiger partial charge in [-0.3, -0.25) is 0 Å². The Bertz CT molecular complexity index is 408. The number of rotatable bonds is 2. The third-order valence-electron chi connectivity index (χ3n) is 2.83. The third-order valence-corrected chi connectivity index (χ3v) is 2.83. The average molecular weight is 235 g/mol. The summed E-state index contributed by atoms with van der Waals surface area (Å²) in [5.41, 5.74) is 8.89. The predicted molar refractivity (Wildman–Crippen MR) is 73.5 cm³/mol. The Hall–Kier alpha value is -1.02. The Morgan fingerprint density at radius 3 is 2.06 bits per heavy atom. The van der Waals surface area contributed by atoms with Crippen molar-refractivity contribution in [1.82, 2.24) is 0 Å².